The molecule has 0 aliphatic heterocycles. The molecule has 0 unspecified atom stereocenters. The molecule has 25 heavy (non-hydrogen) atoms. The van der Waals surface area contributed by atoms with Crippen molar-refractivity contribution in [1.82, 2.24) is 9.78 Å². The molecule has 1 heterocycles. The van der Waals surface area contributed by atoms with Crippen LogP contribution in [-0.4, -0.2) is 14.7 Å². The van der Waals surface area contributed by atoms with E-state index in [4.69, 9.17) is 0 Å². The Balaban J connectivity index is 1.98. The molecule has 0 N–H and O–H groups in total. The highest BCUT2D eigenvalue weighted by Crippen LogP contribution is 2.44. The van der Waals surface area contributed by atoms with Crippen LogP contribution in [0.15, 0.2) is 48.7 Å². The summed E-state index contributed by atoms with van der Waals surface area (Å²) in [5.41, 5.74) is 6.28. The van der Waals surface area contributed by atoms with Crippen molar-refractivity contribution < 1.29 is 4.92 Å². The van der Waals surface area contributed by atoms with Crippen molar-refractivity contribution >= 4 is 5.69 Å². The highest BCUT2D eigenvalue weighted by atomic mass is 16.6. The standard InChI is InChI=1S/C20H19N3O2/c1-13-4-6-15(7-5-13)22-19-14(12-21-22)11-20(2,3)18-9-8-16(23(24)25)10-17(18)19/h4-10,12H,11H2,1-3H3. The van der Waals surface area contributed by atoms with Crippen LogP contribution in [0.5, 0.6) is 0 Å². The minimum Gasteiger partial charge on any atom is -0.258 e. The number of hydrogen-bond acceptors (Lipinski definition) is 3. The predicted molar refractivity (Wildman–Crippen MR) is 97.1 cm³/mol. The summed E-state index contributed by atoms with van der Waals surface area (Å²) in [4.78, 5) is 10.9. The average Bonchev–Trinajstić information content (AvgIpc) is 2.98. The molecule has 1 aliphatic carbocycles. The van der Waals surface area contributed by atoms with Gasteiger partial charge in [-0.3, -0.25) is 10.1 Å². The molecule has 5 heteroatoms. The van der Waals surface area contributed by atoms with E-state index in [1.807, 2.05) is 48.1 Å². The van der Waals surface area contributed by atoms with E-state index < -0.39 is 0 Å². The molecule has 0 bridgehead atoms. The Bertz CT molecular complexity index is 985. The number of rotatable bonds is 2. The molecule has 1 aromatic heterocycles. The van der Waals surface area contributed by atoms with Crippen LogP contribution in [-0.2, 0) is 11.8 Å². The van der Waals surface area contributed by atoms with Crippen LogP contribution in [0.4, 0.5) is 5.69 Å². The van der Waals surface area contributed by atoms with Crippen LogP contribution in [0.3, 0.4) is 0 Å². The number of fused-ring (bicyclic) bond motifs is 3. The Hall–Kier alpha value is -2.95. The number of nitrogens with zero attached hydrogens (tertiary/aromatic N) is 3. The molecule has 0 spiro atoms. The van der Waals surface area contributed by atoms with Gasteiger partial charge in [-0.05, 0) is 42.0 Å². The van der Waals surface area contributed by atoms with Crippen molar-refractivity contribution in [2.24, 2.45) is 0 Å². The lowest BCUT2D eigenvalue weighted by Crippen LogP contribution is -2.25. The van der Waals surface area contributed by atoms with Gasteiger partial charge in [-0.2, -0.15) is 5.10 Å². The van der Waals surface area contributed by atoms with Gasteiger partial charge in [-0.15, -0.1) is 0 Å². The molecule has 3 aromatic rings. The third-order valence-corrected chi connectivity index (χ3v) is 4.95. The van der Waals surface area contributed by atoms with Crippen LogP contribution in [0.25, 0.3) is 16.9 Å². The SMILES string of the molecule is Cc1ccc(-n2ncc3c2-c2cc([N+](=O)[O-])ccc2C(C)(C)C3)cc1. The van der Waals surface area contributed by atoms with Gasteiger partial charge < -0.3 is 0 Å². The molecule has 2 aromatic carbocycles. The number of aromatic nitrogens is 2. The van der Waals surface area contributed by atoms with Gasteiger partial charge in [0, 0.05) is 17.7 Å². The zero-order chi connectivity index (χ0) is 17.8. The van der Waals surface area contributed by atoms with Gasteiger partial charge in [0.05, 0.1) is 22.5 Å². The van der Waals surface area contributed by atoms with Crippen molar-refractivity contribution in [1.29, 1.82) is 0 Å². The first-order valence-corrected chi connectivity index (χ1v) is 8.30. The van der Waals surface area contributed by atoms with E-state index >= 15 is 0 Å². The fraction of sp³-hybridized carbons (Fsp3) is 0.250. The van der Waals surface area contributed by atoms with Gasteiger partial charge in [-0.25, -0.2) is 4.68 Å². The second-order valence-corrected chi connectivity index (χ2v) is 7.31. The third kappa shape index (κ3) is 2.43. The maximum absolute atomic E-state index is 11.3. The van der Waals surface area contributed by atoms with Crippen molar-refractivity contribution in [2.75, 3.05) is 0 Å². The van der Waals surface area contributed by atoms with Crippen LogP contribution in [0.1, 0.15) is 30.5 Å². The maximum Gasteiger partial charge on any atom is 0.270 e. The third-order valence-electron chi connectivity index (χ3n) is 4.95. The molecule has 0 atom stereocenters. The summed E-state index contributed by atoms with van der Waals surface area (Å²) in [6.07, 6.45) is 2.75. The molecule has 0 saturated carbocycles. The van der Waals surface area contributed by atoms with Crippen LogP contribution >= 0.6 is 0 Å². The summed E-state index contributed by atoms with van der Waals surface area (Å²) < 4.78 is 1.90. The van der Waals surface area contributed by atoms with Crippen molar-refractivity contribution in [2.45, 2.75) is 32.6 Å². The van der Waals surface area contributed by atoms with Crippen molar-refractivity contribution in [3.05, 3.63) is 75.5 Å². The molecule has 126 valence electrons. The first-order valence-electron chi connectivity index (χ1n) is 8.30. The largest absolute Gasteiger partial charge is 0.270 e. The molecule has 0 amide bonds. The molecule has 1 aliphatic rings. The van der Waals surface area contributed by atoms with Crippen LogP contribution in [0.2, 0.25) is 0 Å². The summed E-state index contributed by atoms with van der Waals surface area (Å²) in [6.45, 7) is 6.39. The zero-order valence-electron chi connectivity index (χ0n) is 14.5. The lowest BCUT2D eigenvalue weighted by Gasteiger charge is -2.32. The molecular formula is C20H19N3O2. The number of benzene rings is 2. The van der Waals surface area contributed by atoms with Gasteiger partial charge in [0.1, 0.15) is 0 Å². The van der Waals surface area contributed by atoms with E-state index in [0.29, 0.717) is 0 Å². The molecule has 0 radical (unpaired) electrons. The molecule has 4 rings (SSSR count). The van der Waals surface area contributed by atoms with E-state index in [2.05, 4.69) is 18.9 Å². The van der Waals surface area contributed by atoms with Gasteiger partial charge >= 0.3 is 0 Å². The fourth-order valence-corrected chi connectivity index (χ4v) is 3.68. The first kappa shape index (κ1) is 15.6. The van der Waals surface area contributed by atoms with E-state index in [0.717, 1.165) is 34.5 Å². The number of non-ortho nitro benzene ring substituents is 1. The number of nitro benzene ring substituents is 1. The second kappa shape index (κ2) is 5.28. The topological polar surface area (TPSA) is 61.0 Å². The van der Waals surface area contributed by atoms with Crippen LogP contribution in [0, 0.1) is 17.0 Å². The zero-order valence-corrected chi connectivity index (χ0v) is 14.5. The normalized spacial score (nSPS) is 14.7. The predicted octanol–water partition coefficient (Wildman–Crippen LogP) is 4.59. The van der Waals surface area contributed by atoms with E-state index in [1.54, 1.807) is 12.1 Å². The first-order chi connectivity index (χ1) is 11.9. The fourth-order valence-electron chi connectivity index (χ4n) is 3.68. The maximum atomic E-state index is 11.3. The number of aryl methyl sites for hydroxylation is 1. The summed E-state index contributed by atoms with van der Waals surface area (Å²) in [7, 11) is 0. The monoisotopic (exact) mass is 333 g/mol. The smallest absolute Gasteiger partial charge is 0.258 e. The summed E-state index contributed by atoms with van der Waals surface area (Å²) in [5.74, 6) is 0. The molecular weight excluding hydrogens is 314 g/mol. The second-order valence-electron chi connectivity index (χ2n) is 7.31. The lowest BCUT2D eigenvalue weighted by molar-refractivity contribution is -0.384. The Kier molecular flexibility index (Phi) is 3.29. The van der Waals surface area contributed by atoms with E-state index in [-0.39, 0.29) is 16.0 Å². The molecule has 0 fully saturated rings. The Labute approximate surface area is 146 Å². The molecule has 5 nitrogen and oxygen atoms in total. The van der Waals surface area contributed by atoms with E-state index in [9.17, 15) is 10.1 Å². The van der Waals surface area contributed by atoms with E-state index in [1.165, 1.54) is 5.56 Å². The minimum absolute atomic E-state index is 0.0847. The Morgan fingerprint density at radius 2 is 1.88 bits per heavy atom. The van der Waals surface area contributed by atoms with Gasteiger partial charge in [0.25, 0.3) is 5.69 Å². The van der Waals surface area contributed by atoms with Gasteiger partial charge in [0.2, 0.25) is 0 Å². The summed E-state index contributed by atoms with van der Waals surface area (Å²) in [5, 5.41) is 15.9. The molecule has 0 saturated heterocycles. The highest BCUT2D eigenvalue weighted by molar-refractivity contribution is 5.75. The summed E-state index contributed by atoms with van der Waals surface area (Å²) in [6, 6.07) is 13.3. The average molecular weight is 333 g/mol. The number of nitro groups is 1. The van der Waals surface area contributed by atoms with Crippen molar-refractivity contribution in [3.8, 4) is 16.9 Å². The van der Waals surface area contributed by atoms with Crippen molar-refractivity contribution in [3.63, 3.8) is 0 Å². The lowest BCUT2D eigenvalue weighted by atomic mass is 9.72. The number of hydrogen-bond donors (Lipinski definition) is 0. The Morgan fingerprint density at radius 1 is 1.16 bits per heavy atom. The Morgan fingerprint density at radius 3 is 2.56 bits per heavy atom. The highest BCUT2D eigenvalue weighted by Gasteiger charge is 2.34. The quantitative estimate of drug-likeness (QED) is 0.509. The van der Waals surface area contributed by atoms with Crippen LogP contribution < -0.4 is 0 Å². The van der Waals surface area contributed by atoms with Gasteiger partial charge in [-0.1, -0.05) is 37.6 Å². The summed E-state index contributed by atoms with van der Waals surface area (Å²) >= 11 is 0. The minimum atomic E-state index is -0.339. The van der Waals surface area contributed by atoms with Gasteiger partial charge in [0.15, 0.2) is 0 Å².